The van der Waals surface area contributed by atoms with Crippen molar-refractivity contribution in [1.29, 1.82) is 0 Å². The van der Waals surface area contributed by atoms with Gasteiger partial charge in [0.15, 0.2) is 0 Å². The maximum Gasteiger partial charge on any atom is 0.241 e. The van der Waals surface area contributed by atoms with Gasteiger partial charge in [0, 0.05) is 31.5 Å². The number of aryl methyl sites for hydroxylation is 1. The molecule has 3 aromatic rings. The van der Waals surface area contributed by atoms with Crippen molar-refractivity contribution in [2.24, 2.45) is 7.05 Å². The number of hydrogen-bond donors (Lipinski definition) is 2. The smallest absolute Gasteiger partial charge is 0.241 e. The Labute approximate surface area is 146 Å². The standard InChI is InChI=1S/C18H22N6O/c1-19-17(15-11-21-23(2)13-15)18(25)20-9-8-14-10-22-24(12-14)16-6-4-3-5-7-16/h3-7,10-13,17,19H,8-9H2,1-2H3,(H,20,25). The number of carbonyl (C=O) groups is 1. The number of amides is 1. The SMILES string of the molecule is CNC(C(=O)NCCc1cnn(-c2ccccc2)c1)c1cnn(C)c1. The van der Waals surface area contributed by atoms with Crippen LogP contribution in [-0.2, 0) is 18.3 Å². The number of para-hydroxylation sites is 1. The van der Waals surface area contributed by atoms with Gasteiger partial charge in [0.2, 0.25) is 5.91 Å². The largest absolute Gasteiger partial charge is 0.354 e. The lowest BCUT2D eigenvalue weighted by molar-refractivity contribution is -0.123. The lowest BCUT2D eigenvalue weighted by Gasteiger charge is -2.14. The van der Waals surface area contributed by atoms with Gasteiger partial charge in [-0.2, -0.15) is 10.2 Å². The number of nitrogens with one attached hydrogen (secondary N) is 2. The average Bonchev–Trinajstić information content (AvgIpc) is 3.26. The normalized spacial score (nSPS) is 12.1. The molecule has 0 saturated carbocycles. The molecule has 0 aliphatic rings. The summed E-state index contributed by atoms with van der Waals surface area (Å²) in [6.07, 6.45) is 8.07. The Balaban J connectivity index is 1.54. The molecule has 7 nitrogen and oxygen atoms in total. The third-order valence-corrected chi connectivity index (χ3v) is 3.98. The first-order valence-corrected chi connectivity index (χ1v) is 8.20. The predicted molar refractivity (Wildman–Crippen MR) is 95.3 cm³/mol. The summed E-state index contributed by atoms with van der Waals surface area (Å²) in [5, 5.41) is 14.5. The fourth-order valence-corrected chi connectivity index (χ4v) is 2.68. The summed E-state index contributed by atoms with van der Waals surface area (Å²) in [6, 6.07) is 9.54. The van der Waals surface area contributed by atoms with Gasteiger partial charge in [0.1, 0.15) is 6.04 Å². The fraction of sp³-hybridized carbons (Fsp3) is 0.278. The molecule has 2 N–H and O–H groups in total. The van der Waals surface area contributed by atoms with Gasteiger partial charge in [-0.15, -0.1) is 0 Å². The van der Waals surface area contributed by atoms with Crippen LogP contribution in [0.5, 0.6) is 0 Å². The van der Waals surface area contributed by atoms with Gasteiger partial charge in [-0.3, -0.25) is 9.48 Å². The van der Waals surface area contributed by atoms with Crippen LogP contribution in [-0.4, -0.2) is 39.1 Å². The molecule has 3 rings (SSSR count). The van der Waals surface area contributed by atoms with Crippen LogP contribution >= 0.6 is 0 Å². The highest BCUT2D eigenvalue weighted by Gasteiger charge is 2.19. The van der Waals surface area contributed by atoms with Crippen molar-refractivity contribution in [2.45, 2.75) is 12.5 Å². The first-order valence-electron chi connectivity index (χ1n) is 8.20. The van der Waals surface area contributed by atoms with Gasteiger partial charge in [0.25, 0.3) is 0 Å². The van der Waals surface area contributed by atoms with E-state index in [-0.39, 0.29) is 5.91 Å². The summed E-state index contributed by atoms with van der Waals surface area (Å²) in [5.41, 5.74) is 2.94. The van der Waals surface area contributed by atoms with E-state index in [1.54, 1.807) is 17.9 Å². The van der Waals surface area contributed by atoms with Crippen LogP contribution in [0.1, 0.15) is 17.2 Å². The fourth-order valence-electron chi connectivity index (χ4n) is 2.68. The number of hydrogen-bond acceptors (Lipinski definition) is 4. The Morgan fingerprint density at radius 1 is 1.16 bits per heavy atom. The summed E-state index contributed by atoms with van der Waals surface area (Å²) in [6.45, 7) is 0.553. The first kappa shape index (κ1) is 16.9. The van der Waals surface area contributed by atoms with E-state index in [4.69, 9.17) is 0 Å². The minimum absolute atomic E-state index is 0.0639. The van der Waals surface area contributed by atoms with Gasteiger partial charge < -0.3 is 10.6 Å². The van der Waals surface area contributed by atoms with Gasteiger partial charge in [-0.05, 0) is 31.2 Å². The van der Waals surface area contributed by atoms with E-state index in [0.717, 1.165) is 23.2 Å². The molecule has 0 saturated heterocycles. The molecule has 1 unspecified atom stereocenters. The van der Waals surface area contributed by atoms with E-state index in [0.29, 0.717) is 6.54 Å². The second-order valence-corrected chi connectivity index (χ2v) is 5.84. The van der Waals surface area contributed by atoms with E-state index < -0.39 is 6.04 Å². The molecule has 2 heterocycles. The van der Waals surface area contributed by atoms with Crippen LogP contribution in [0.2, 0.25) is 0 Å². The maximum atomic E-state index is 12.4. The lowest BCUT2D eigenvalue weighted by Crippen LogP contribution is -2.36. The third kappa shape index (κ3) is 4.13. The van der Waals surface area contributed by atoms with E-state index in [1.807, 2.05) is 60.7 Å². The second kappa shape index (κ2) is 7.76. The molecule has 1 atom stereocenters. The van der Waals surface area contributed by atoms with Gasteiger partial charge in [0.05, 0.1) is 18.1 Å². The van der Waals surface area contributed by atoms with Crippen molar-refractivity contribution in [3.05, 3.63) is 66.2 Å². The molecule has 130 valence electrons. The number of carbonyl (C=O) groups excluding carboxylic acids is 1. The zero-order valence-corrected chi connectivity index (χ0v) is 14.4. The number of likely N-dealkylation sites (N-methyl/N-ethyl adjacent to an activating group) is 1. The summed E-state index contributed by atoms with van der Waals surface area (Å²) in [7, 11) is 3.60. The predicted octanol–water partition coefficient (Wildman–Crippen LogP) is 1.23. The molecular weight excluding hydrogens is 316 g/mol. The highest BCUT2D eigenvalue weighted by Crippen LogP contribution is 2.11. The zero-order chi connectivity index (χ0) is 17.6. The molecule has 2 aromatic heterocycles. The Morgan fingerprint density at radius 3 is 2.64 bits per heavy atom. The zero-order valence-electron chi connectivity index (χ0n) is 14.4. The van der Waals surface area contributed by atoms with Crippen molar-refractivity contribution in [3.63, 3.8) is 0 Å². The summed E-state index contributed by atoms with van der Waals surface area (Å²) in [4.78, 5) is 12.4. The maximum absolute atomic E-state index is 12.4. The number of nitrogens with zero attached hydrogens (tertiary/aromatic N) is 4. The summed E-state index contributed by atoms with van der Waals surface area (Å²) < 4.78 is 3.52. The van der Waals surface area contributed by atoms with Crippen molar-refractivity contribution in [3.8, 4) is 5.69 Å². The van der Waals surface area contributed by atoms with Crippen LogP contribution in [0.25, 0.3) is 5.69 Å². The second-order valence-electron chi connectivity index (χ2n) is 5.84. The Bertz CT molecular complexity index is 823. The van der Waals surface area contributed by atoms with E-state index in [1.165, 1.54) is 0 Å². The van der Waals surface area contributed by atoms with Crippen molar-refractivity contribution < 1.29 is 4.79 Å². The van der Waals surface area contributed by atoms with E-state index >= 15 is 0 Å². The molecule has 25 heavy (non-hydrogen) atoms. The molecule has 7 heteroatoms. The Morgan fingerprint density at radius 2 is 1.96 bits per heavy atom. The topological polar surface area (TPSA) is 76.8 Å². The molecule has 0 aliphatic heterocycles. The van der Waals surface area contributed by atoms with Crippen LogP contribution in [0.15, 0.2) is 55.1 Å². The molecule has 0 spiro atoms. The number of aromatic nitrogens is 4. The Hall–Kier alpha value is -2.93. The minimum Gasteiger partial charge on any atom is -0.354 e. The van der Waals surface area contributed by atoms with Crippen molar-refractivity contribution >= 4 is 5.91 Å². The monoisotopic (exact) mass is 338 g/mol. The number of rotatable bonds is 7. The molecule has 0 radical (unpaired) electrons. The molecule has 0 aliphatic carbocycles. The minimum atomic E-state index is -0.402. The van der Waals surface area contributed by atoms with Gasteiger partial charge >= 0.3 is 0 Å². The highest BCUT2D eigenvalue weighted by atomic mass is 16.2. The quantitative estimate of drug-likeness (QED) is 0.679. The number of benzene rings is 1. The molecule has 0 fully saturated rings. The molecule has 1 amide bonds. The van der Waals surface area contributed by atoms with Crippen LogP contribution in [0, 0.1) is 0 Å². The summed E-state index contributed by atoms with van der Waals surface area (Å²) in [5.74, 6) is -0.0639. The van der Waals surface area contributed by atoms with Crippen LogP contribution in [0.4, 0.5) is 0 Å². The lowest BCUT2D eigenvalue weighted by atomic mass is 10.1. The van der Waals surface area contributed by atoms with Crippen LogP contribution < -0.4 is 10.6 Å². The van der Waals surface area contributed by atoms with E-state index in [9.17, 15) is 4.79 Å². The van der Waals surface area contributed by atoms with Crippen LogP contribution in [0.3, 0.4) is 0 Å². The Kier molecular flexibility index (Phi) is 5.25. The molecule has 1 aromatic carbocycles. The van der Waals surface area contributed by atoms with Crippen molar-refractivity contribution in [2.75, 3.05) is 13.6 Å². The van der Waals surface area contributed by atoms with Gasteiger partial charge in [-0.25, -0.2) is 4.68 Å². The average molecular weight is 338 g/mol. The molecule has 0 bridgehead atoms. The summed E-state index contributed by atoms with van der Waals surface area (Å²) >= 11 is 0. The highest BCUT2D eigenvalue weighted by molar-refractivity contribution is 5.83. The van der Waals surface area contributed by atoms with Crippen molar-refractivity contribution in [1.82, 2.24) is 30.2 Å². The van der Waals surface area contributed by atoms with Gasteiger partial charge in [-0.1, -0.05) is 18.2 Å². The molecular formula is C18H22N6O. The third-order valence-electron chi connectivity index (χ3n) is 3.98. The first-order chi connectivity index (χ1) is 12.2. The van der Waals surface area contributed by atoms with E-state index in [2.05, 4.69) is 20.8 Å².